The summed E-state index contributed by atoms with van der Waals surface area (Å²) in [7, 11) is 0. The lowest BCUT2D eigenvalue weighted by Gasteiger charge is -2.22. The van der Waals surface area contributed by atoms with E-state index in [4.69, 9.17) is 26.4 Å². The van der Waals surface area contributed by atoms with Gasteiger partial charge in [-0.15, -0.1) is 0 Å². The second-order valence-electron chi connectivity index (χ2n) is 6.24. The summed E-state index contributed by atoms with van der Waals surface area (Å²) in [6.07, 6.45) is 0.596. The summed E-state index contributed by atoms with van der Waals surface area (Å²) in [6.45, 7) is 4.78. The second kappa shape index (κ2) is 7.52. The zero-order chi connectivity index (χ0) is 19.7. The van der Waals surface area contributed by atoms with Crippen LogP contribution in [-0.2, 0) is 6.42 Å². The molecule has 2 aromatic carbocycles. The highest BCUT2D eigenvalue weighted by molar-refractivity contribution is 7.71. The van der Waals surface area contributed by atoms with E-state index in [0.29, 0.717) is 58.8 Å². The minimum Gasteiger partial charge on any atom is -0.504 e. The van der Waals surface area contributed by atoms with E-state index < -0.39 is 0 Å². The molecule has 0 amide bonds. The maximum atomic E-state index is 10.6. The molecule has 7 heteroatoms. The van der Waals surface area contributed by atoms with Gasteiger partial charge in [-0.05, 0) is 32.0 Å². The standard InChI is InChI=1S/C21H20N2O4S/c1-3-25-15-9-6-8-13(17(15)24)19-22-20-14(21(28)23-19)11-12-7-5-10-16(26-4-2)18(12)27-20/h5-10,24H,3-4,11H2,1-2H3,(H,22,23,28). The number of hydrogen-bond donors (Lipinski definition) is 2. The van der Waals surface area contributed by atoms with Crippen LogP contribution < -0.4 is 14.2 Å². The summed E-state index contributed by atoms with van der Waals surface area (Å²) >= 11 is 5.51. The van der Waals surface area contributed by atoms with Crippen molar-refractivity contribution in [3.05, 3.63) is 52.2 Å². The monoisotopic (exact) mass is 396 g/mol. The van der Waals surface area contributed by atoms with E-state index >= 15 is 0 Å². The molecule has 0 bridgehead atoms. The average Bonchev–Trinajstić information content (AvgIpc) is 2.69. The smallest absolute Gasteiger partial charge is 0.205 e. The number of fused-ring (bicyclic) bond motifs is 2. The molecule has 1 aliphatic heterocycles. The molecule has 2 N–H and O–H groups in total. The van der Waals surface area contributed by atoms with Gasteiger partial charge in [0.15, 0.2) is 23.0 Å². The lowest BCUT2D eigenvalue weighted by molar-refractivity contribution is 0.315. The number of hydrogen-bond acceptors (Lipinski definition) is 6. The normalized spacial score (nSPS) is 11.9. The predicted molar refractivity (Wildman–Crippen MR) is 108 cm³/mol. The molecule has 1 aromatic heterocycles. The molecule has 6 nitrogen and oxygen atoms in total. The van der Waals surface area contributed by atoms with Gasteiger partial charge >= 0.3 is 0 Å². The van der Waals surface area contributed by atoms with E-state index in [1.54, 1.807) is 18.2 Å². The fourth-order valence-electron chi connectivity index (χ4n) is 3.21. The van der Waals surface area contributed by atoms with Crippen LogP contribution in [0, 0.1) is 4.64 Å². The molecule has 1 aliphatic rings. The zero-order valence-corrected chi connectivity index (χ0v) is 16.4. The highest BCUT2D eigenvalue weighted by Gasteiger charge is 2.24. The Morgan fingerprint density at radius 1 is 1.11 bits per heavy atom. The van der Waals surface area contributed by atoms with E-state index in [9.17, 15) is 5.11 Å². The van der Waals surface area contributed by atoms with Gasteiger partial charge in [-0.25, -0.2) is 4.98 Å². The zero-order valence-electron chi connectivity index (χ0n) is 15.6. The van der Waals surface area contributed by atoms with Gasteiger partial charge in [-0.1, -0.05) is 30.4 Å². The third-order valence-corrected chi connectivity index (χ3v) is 4.80. The number of H-pyrrole nitrogens is 1. The van der Waals surface area contributed by atoms with Gasteiger partial charge in [0.1, 0.15) is 10.5 Å². The fourth-order valence-corrected chi connectivity index (χ4v) is 3.47. The predicted octanol–water partition coefficient (Wildman–Crippen LogP) is 5.01. The Labute approximate surface area is 167 Å². The fraction of sp³-hybridized carbons (Fsp3) is 0.238. The van der Waals surface area contributed by atoms with Crippen LogP contribution in [0.5, 0.6) is 28.9 Å². The van der Waals surface area contributed by atoms with Gasteiger partial charge < -0.3 is 24.3 Å². The van der Waals surface area contributed by atoms with Crippen LogP contribution in [0.15, 0.2) is 36.4 Å². The maximum Gasteiger partial charge on any atom is 0.205 e. The number of rotatable bonds is 5. The third-order valence-electron chi connectivity index (χ3n) is 4.46. The van der Waals surface area contributed by atoms with Crippen molar-refractivity contribution in [2.75, 3.05) is 13.2 Å². The van der Waals surface area contributed by atoms with Crippen LogP contribution in [0.4, 0.5) is 0 Å². The van der Waals surface area contributed by atoms with Gasteiger partial charge in [0.2, 0.25) is 5.88 Å². The summed E-state index contributed by atoms with van der Waals surface area (Å²) in [5.74, 6) is 2.69. The molecule has 0 fully saturated rings. The first-order chi connectivity index (χ1) is 13.6. The number of benzene rings is 2. The third kappa shape index (κ3) is 3.18. The molecule has 2 heterocycles. The van der Waals surface area contributed by atoms with Crippen LogP contribution >= 0.6 is 12.2 Å². The van der Waals surface area contributed by atoms with Crippen LogP contribution in [-0.4, -0.2) is 28.3 Å². The molecule has 0 atom stereocenters. The first-order valence-corrected chi connectivity index (χ1v) is 9.54. The summed E-state index contributed by atoms with van der Waals surface area (Å²) in [5, 5.41) is 10.6. The van der Waals surface area contributed by atoms with Crippen molar-refractivity contribution >= 4 is 12.2 Å². The molecule has 28 heavy (non-hydrogen) atoms. The van der Waals surface area contributed by atoms with Gasteiger partial charge in [0.05, 0.1) is 24.3 Å². The Kier molecular flexibility index (Phi) is 4.92. The van der Waals surface area contributed by atoms with Crippen molar-refractivity contribution < 1.29 is 19.3 Å². The summed E-state index contributed by atoms with van der Waals surface area (Å²) < 4.78 is 17.7. The number of nitrogens with zero attached hydrogens (tertiary/aromatic N) is 1. The Balaban J connectivity index is 1.79. The second-order valence-corrected chi connectivity index (χ2v) is 6.63. The van der Waals surface area contributed by atoms with Crippen LogP contribution in [0.25, 0.3) is 11.4 Å². The number of ether oxygens (including phenoxy) is 3. The van der Waals surface area contributed by atoms with Gasteiger partial charge in [-0.3, -0.25) is 0 Å². The molecular formula is C21H20N2O4S. The van der Waals surface area contributed by atoms with Crippen molar-refractivity contribution in [3.8, 4) is 40.3 Å². The van der Waals surface area contributed by atoms with Crippen molar-refractivity contribution in [1.82, 2.24) is 9.97 Å². The van der Waals surface area contributed by atoms with Crippen molar-refractivity contribution in [1.29, 1.82) is 0 Å². The minimum absolute atomic E-state index is 0.00802. The Bertz CT molecular complexity index is 1090. The van der Waals surface area contributed by atoms with Gasteiger partial charge in [-0.2, -0.15) is 0 Å². The van der Waals surface area contributed by atoms with E-state index in [-0.39, 0.29) is 5.75 Å². The highest BCUT2D eigenvalue weighted by atomic mass is 32.1. The lowest BCUT2D eigenvalue weighted by Crippen LogP contribution is -2.09. The Hall–Kier alpha value is -3.06. The topological polar surface area (TPSA) is 76.6 Å². The summed E-state index contributed by atoms with van der Waals surface area (Å²) in [6, 6.07) is 11.0. The maximum absolute atomic E-state index is 10.6. The molecule has 0 radical (unpaired) electrons. The number of para-hydroxylation sites is 2. The number of nitrogens with one attached hydrogen (secondary N) is 1. The Morgan fingerprint density at radius 3 is 2.61 bits per heavy atom. The van der Waals surface area contributed by atoms with E-state index in [0.717, 1.165) is 11.1 Å². The quantitative estimate of drug-likeness (QED) is 0.462. The number of aromatic amines is 1. The average molecular weight is 396 g/mol. The molecule has 3 aromatic rings. The van der Waals surface area contributed by atoms with Crippen LogP contribution in [0.1, 0.15) is 25.0 Å². The Morgan fingerprint density at radius 2 is 1.82 bits per heavy atom. The molecule has 0 saturated heterocycles. The van der Waals surface area contributed by atoms with Crippen molar-refractivity contribution in [2.24, 2.45) is 0 Å². The van der Waals surface area contributed by atoms with Gasteiger partial charge in [0, 0.05) is 12.0 Å². The van der Waals surface area contributed by atoms with E-state index in [1.165, 1.54) is 0 Å². The number of aromatic hydroxyl groups is 1. The lowest BCUT2D eigenvalue weighted by atomic mass is 10.0. The molecule has 0 aliphatic carbocycles. The first kappa shape index (κ1) is 18.3. The molecule has 0 unspecified atom stereocenters. The van der Waals surface area contributed by atoms with Crippen LogP contribution in [0.3, 0.4) is 0 Å². The van der Waals surface area contributed by atoms with E-state index in [1.807, 2.05) is 32.0 Å². The number of phenolic OH excluding ortho intramolecular Hbond substituents is 1. The van der Waals surface area contributed by atoms with Crippen molar-refractivity contribution in [3.63, 3.8) is 0 Å². The summed E-state index contributed by atoms with van der Waals surface area (Å²) in [5.41, 5.74) is 2.29. The molecule has 144 valence electrons. The molecule has 4 rings (SSSR count). The SMILES string of the molecule is CCOc1cccc(-c2nc(=S)c3c([nH]2)Oc2c(cccc2OCC)C3)c1O. The van der Waals surface area contributed by atoms with Crippen LogP contribution in [0.2, 0.25) is 0 Å². The molecule has 0 spiro atoms. The number of aromatic nitrogens is 2. The largest absolute Gasteiger partial charge is 0.504 e. The molecule has 0 saturated carbocycles. The highest BCUT2D eigenvalue weighted by Crippen LogP contribution is 2.43. The summed E-state index contributed by atoms with van der Waals surface area (Å²) in [4.78, 5) is 7.65. The number of phenols is 1. The first-order valence-electron chi connectivity index (χ1n) is 9.13. The van der Waals surface area contributed by atoms with E-state index in [2.05, 4.69) is 9.97 Å². The minimum atomic E-state index is 0.00802. The van der Waals surface area contributed by atoms with Gasteiger partial charge in [0.25, 0.3) is 0 Å². The van der Waals surface area contributed by atoms with Crippen molar-refractivity contribution in [2.45, 2.75) is 20.3 Å². The molecular weight excluding hydrogens is 376 g/mol.